The van der Waals surface area contributed by atoms with Crippen molar-refractivity contribution in [1.82, 2.24) is 14.8 Å². The minimum atomic E-state index is -0.145. The molecule has 6 heteroatoms. The third-order valence-electron chi connectivity index (χ3n) is 4.52. The van der Waals surface area contributed by atoms with E-state index in [2.05, 4.69) is 24.2 Å². The summed E-state index contributed by atoms with van der Waals surface area (Å²) in [5, 5.41) is 4.99. The highest BCUT2D eigenvalue weighted by Crippen LogP contribution is 2.34. The fraction of sp³-hybridized carbons (Fsp3) is 0.190. The molecule has 0 spiro atoms. The van der Waals surface area contributed by atoms with Gasteiger partial charge in [-0.3, -0.25) is 14.4 Å². The number of amides is 1. The van der Waals surface area contributed by atoms with Gasteiger partial charge in [-0.15, -0.1) is 0 Å². The van der Waals surface area contributed by atoms with E-state index < -0.39 is 0 Å². The lowest BCUT2D eigenvalue weighted by molar-refractivity contribution is 0.0979. The third kappa shape index (κ3) is 3.36. The molecule has 0 bridgehead atoms. The molecule has 4 aromatic rings. The van der Waals surface area contributed by atoms with E-state index in [0.717, 1.165) is 21.3 Å². The number of hydrogen-bond donors (Lipinski definition) is 0. The Kier molecular flexibility index (Phi) is 4.49. The monoisotopic (exact) mass is 376 g/mol. The maximum Gasteiger partial charge on any atom is 0.280 e. The normalized spacial score (nSPS) is 11.1. The second kappa shape index (κ2) is 6.96. The molecule has 0 unspecified atom stereocenters. The van der Waals surface area contributed by atoms with Crippen molar-refractivity contribution < 1.29 is 4.79 Å². The molecule has 0 atom stereocenters. The number of rotatable bonds is 4. The maximum atomic E-state index is 13.2. The molecule has 0 aliphatic heterocycles. The van der Waals surface area contributed by atoms with Crippen LogP contribution in [0.1, 0.15) is 27.2 Å². The molecular formula is C21H20N4OS. The Morgan fingerprint density at radius 1 is 1.07 bits per heavy atom. The predicted molar refractivity (Wildman–Crippen MR) is 109 cm³/mol. The van der Waals surface area contributed by atoms with Crippen molar-refractivity contribution in [2.45, 2.75) is 20.4 Å². The molecule has 0 aliphatic rings. The van der Waals surface area contributed by atoms with Crippen LogP contribution in [-0.4, -0.2) is 20.7 Å². The van der Waals surface area contributed by atoms with E-state index in [1.807, 2.05) is 44.3 Å². The summed E-state index contributed by atoms with van der Waals surface area (Å²) in [7, 11) is 1.81. The standard InChI is InChI=1S/C21H20N4OS/c1-14-9-10-15(2)19-18(14)22-21(27-19)25(13-16-7-5-4-6-8-16)20(26)17-11-12-24(3)23-17/h4-12H,13H2,1-3H3. The number of thiazole rings is 1. The van der Waals surface area contributed by atoms with Crippen LogP contribution >= 0.6 is 11.3 Å². The fourth-order valence-corrected chi connectivity index (χ4v) is 4.13. The Balaban J connectivity index is 1.81. The summed E-state index contributed by atoms with van der Waals surface area (Å²) in [6.45, 7) is 4.58. The predicted octanol–water partition coefficient (Wildman–Crippen LogP) is 4.49. The number of carbonyl (C=O) groups is 1. The van der Waals surface area contributed by atoms with Gasteiger partial charge in [-0.1, -0.05) is 53.8 Å². The second-order valence-corrected chi connectivity index (χ2v) is 7.60. The zero-order valence-electron chi connectivity index (χ0n) is 15.5. The van der Waals surface area contributed by atoms with E-state index in [4.69, 9.17) is 4.98 Å². The van der Waals surface area contributed by atoms with Crippen molar-refractivity contribution in [3.05, 3.63) is 77.1 Å². The van der Waals surface area contributed by atoms with E-state index in [1.54, 1.807) is 33.2 Å². The molecule has 0 radical (unpaired) electrons. The van der Waals surface area contributed by atoms with Crippen molar-refractivity contribution in [1.29, 1.82) is 0 Å². The highest BCUT2D eigenvalue weighted by molar-refractivity contribution is 7.22. The molecule has 5 nitrogen and oxygen atoms in total. The molecular weight excluding hydrogens is 356 g/mol. The Bertz CT molecular complexity index is 1070. The minimum Gasteiger partial charge on any atom is -0.278 e. The van der Waals surface area contributed by atoms with Crippen LogP contribution in [0.2, 0.25) is 0 Å². The summed E-state index contributed by atoms with van der Waals surface area (Å²) in [6.07, 6.45) is 1.78. The van der Waals surface area contributed by atoms with Crippen LogP contribution in [0.3, 0.4) is 0 Å². The Morgan fingerprint density at radius 3 is 2.48 bits per heavy atom. The smallest absolute Gasteiger partial charge is 0.278 e. The lowest BCUT2D eigenvalue weighted by Gasteiger charge is -2.19. The highest BCUT2D eigenvalue weighted by Gasteiger charge is 2.24. The first-order valence-corrected chi connectivity index (χ1v) is 9.57. The zero-order chi connectivity index (χ0) is 19.0. The van der Waals surface area contributed by atoms with Gasteiger partial charge in [-0.25, -0.2) is 4.98 Å². The van der Waals surface area contributed by atoms with Crippen LogP contribution in [0.5, 0.6) is 0 Å². The first-order chi connectivity index (χ1) is 13.0. The topological polar surface area (TPSA) is 51.0 Å². The largest absolute Gasteiger partial charge is 0.280 e. The zero-order valence-corrected chi connectivity index (χ0v) is 16.3. The first kappa shape index (κ1) is 17.4. The molecule has 2 heterocycles. The number of aromatic nitrogens is 3. The van der Waals surface area contributed by atoms with Gasteiger partial charge in [-0.05, 0) is 36.6 Å². The first-order valence-electron chi connectivity index (χ1n) is 8.75. The van der Waals surface area contributed by atoms with Crippen molar-refractivity contribution in [3.63, 3.8) is 0 Å². The fourth-order valence-electron chi connectivity index (χ4n) is 3.02. The molecule has 0 fully saturated rings. The Hall–Kier alpha value is -2.99. The molecule has 0 saturated carbocycles. The summed E-state index contributed by atoms with van der Waals surface area (Å²) < 4.78 is 2.76. The SMILES string of the molecule is Cc1ccc(C)c2sc(N(Cc3ccccc3)C(=O)c3ccn(C)n3)nc12. The number of carbonyl (C=O) groups excluding carboxylic acids is 1. The van der Waals surface area contributed by atoms with E-state index in [9.17, 15) is 4.79 Å². The number of hydrogen-bond acceptors (Lipinski definition) is 4. The van der Waals surface area contributed by atoms with Crippen molar-refractivity contribution in [3.8, 4) is 0 Å². The van der Waals surface area contributed by atoms with Gasteiger partial charge < -0.3 is 0 Å². The van der Waals surface area contributed by atoms with E-state index in [1.165, 1.54) is 5.56 Å². The summed E-state index contributed by atoms with van der Waals surface area (Å²) in [4.78, 5) is 19.8. The Labute approximate surface area is 161 Å². The van der Waals surface area contributed by atoms with Crippen LogP contribution in [0.25, 0.3) is 10.2 Å². The summed E-state index contributed by atoms with van der Waals surface area (Å²) >= 11 is 1.55. The molecule has 0 N–H and O–H groups in total. The van der Waals surface area contributed by atoms with Gasteiger partial charge in [-0.2, -0.15) is 5.10 Å². The average molecular weight is 376 g/mol. The van der Waals surface area contributed by atoms with Crippen LogP contribution in [0.15, 0.2) is 54.7 Å². The summed E-state index contributed by atoms with van der Waals surface area (Å²) in [5.74, 6) is -0.145. The Morgan fingerprint density at radius 2 is 1.81 bits per heavy atom. The number of aryl methyl sites for hydroxylation is 3. The molecule has 4 rings (SSSR count). The van der Waals surface area contributed by atoms with Crippen molar-refractivity contribution in [2.24, 2.45) is 7.05 Å². The maximum absolute atomic E-state index is 13.2. The summed E-state index contributed by atoms with van der Waals surface area (Å²) in [6, 6.07) is 15.9. The molecule has 136 valence electrons. The number of benzene rings is 2. The average Bonchev–Trinajstić information content (AvgIpc) is 3.30. The second-order valence-electron chi connectivity index (χ2n) is 6.63. The van der Waals surface area contributed by atoms with Crippen molar-refractivity contribution >= 4 is 32.6 Å². The van der Waals surface area contributed by atoms with Gasteiger partial charge in [0.05, 0.1) is 16.8 Å². The molecule has 2 aromatic carbocycles. The molecule has 27 heavy (non-hydrogen) atoms. The van der Waals surface area contributed by atoms with Gasteiger partial charge in [0.1, 0.15) is 0 Å². The van der Waals surface area contributed by atoms with E-state index >= 15 is 0 Å². The van der Waals surface area contributed by atoms with Gasteiger partial charge >= 0.3 is 0 Å². The number of anilines is 1. The molecule has 2 aromatic heterocycles. The van der Waals surface area contributed by atoms with Gasteiger partial charge in [0.25, 0.3) is 5.91 Å². The van der Waals surface area contributed by atoms with Crippen molar-refractivity contribution in [2.75, 3.05) is 4.90 Å². The molecule has 0 saturated heterocycles. The number of fused-ring (bicyclic) bond motifs is 1. The third-order valence-corrected chi connectivity index (χ3v) is 5.74. The van der Waals surface area contributed by atoms with Gasteiger partial charge in [0.2, 0.25) is 0 Å². The number of nitrogens with zero attached hydrogens (tertiary/aromatic N) is 4. The lowest BCUT2D eigenvalue weighted by atomic mass is 10.1. The van der Waals surface area contributed by atoms with E-state index in [0.29, 0.717) is 17.4 Å². The van der Waals surface area contributed by atoms with Crippen LogP contribution in [0.4, 0.5) is 5.13 Å². The van der Waals surface area contributed by atoms with Crippen LogP contribution in [-0.2, 0) is 13.6 Å². The van der Waals surface area contributed by atoms with Gasteiger partial charge in [0, 0.05) is 13.2 Å². The lowest BCUT2D eigenvalue weighted by Crippen LogP contribution is -2.30. The minimum absolute atomic E-state index is 0.145. The quantitative estimate of drug-likeness (QED) is 0.527. The van der Waals surface area contributed by atoms with E-state index in [-0.39, 0.29) is 5.91 Å². The molecule has 0 aliphatic carbocycles. The van der Waals surface area contributed by atoms with Crippen LogP contribution in [0, 0.1) is 13.8 Å². The van der Waals surface area contributed by atoms with Crippen LogP contribution < -0.4 is 4.90 Å². The molecule has 1 amide bonds. The van der Waals surface area contributed by atoms with Gasteiger partial charge in [0.15, 0.2) is 10.8 Å². The summed E-state index contributed by atoms with van der Waals surface area (Å²) in [5.41, 5.74) is 4.71. The highest BCUT2D eigenvalue weighted by atomic mass is 32.1.